The van der Waals surface area contributed by atoms with Gasteiger partial charge in [0.25, 0.3) is 0 Å². The Bertz CT molecular complexity index is 255. The largest absolute Gasteiger partial charge is 0.378 e. The second-order valence-corrected chi connectivity index (χ2v) is 4.43. The van der Waals surface area contributed by atoms with E-state index >= 15 is 0 Å². The lowest BCUT2D eigenvalue weighted by atomic mass is 10.1. The van der Waals surface area contributed by atoms with Crippen molar-refractivity contribution in [3.63, 3.8) is 0 Å². The Labute approximate surface area is 99.8 Å². The summed E-state index contributed by atoms with van der Waals surface area (Å²) in [5, 5.41) is 0. The minimum atomic E-state index is 0.337. The second-order valence-electron chi connectivity index (χ2n) is 4.43. The highest BCUT2D eigenvalue weighted by atomic mass is 16.5. The minimum Gasteiger partial charge on any atom is -0.378 e. The summed E-state index contributed by atoms with van der Waals surface area (Å²) >= 11 is 0. The van der Waals surface area contributed by atoms with E-state index < -0.39 is 0 Å². The number of unbranched alkanes of at least 4 members (excludes halogenated alkanes) is 3. The van der Waals surface area contributed by atoms with Crippen molar-refractivity contribution in [2.75, 3.05) is 6.61 Å². The zero-order valence-electron chi connectivity index (χ0n) is 10.6. The van der Waals surface area contributed by atoms with Gasteiger partial charge in [-0.1, -0.05) is 56.5 Å². The van der Waals surface area contributed by atoms with Gasteiger partial charge in [0, 0.05) is 6.61 Å². The Balaban J connectivity index is 2.09. The quantitative estimate of drug-likeness (QED) is 0.596. The van der Waals surface area contributed by atoms with E-state index in [1.54, 1.807) is 0 Å². The van der Waals surface area contributed by atoms with Crippen LogP contribution >= 0.6 is 0 Å². The first-order valence-electron chi connectivity index (χ1n) is 6.48. The van der Waals surface area contributed by atoms with Crippen LogP contribution in [0.4, 0.5) is 0 Å². The van der Waals surface area contributed by atoms with Gasteiger partial charge in [-0.25, -0.2) is 0 Å². The predicted molar refractivity (Wildman–Crippen MR) is 69.7 cm³/mol. The van der Waals surface area contributed by atoms with Gasteiger partial charge in [0.05, 0.1) is 6.10 Å². The number of hydrogen-bond donors (Lipinski definition) is 0. The molecule has 0 saturated carbocycles. The van der Waals surface area contributed by atoms with E-state index in [9.17, 15) is 0 Å². The molecule has 1 unspecified atom stereocenters. The molecule has 0 fully saturated rings. The molecule has 1 aromatic rings. The maximum Gasteiger partial charge on any atom is 0.0587 e. The van der Waals surface area contributed by atoms with E-state index in [4.69, 9.17) is 4.74 Å². The molecule has 1 rings (SSSR count). The molecule has 0 bridgehead atoms. The maximum absolute atomic E-state index is 5.79. The predicted octanol–water partition coefficient (Wildman–Crippen LogP) is 4.21. The fraction of sp³-hybridized carbons (Fsp3) is 0.600. The van der Waals surface area contributed by atoms with Gasteiger partial charge in [0.15, 0.2) is 0 Å². The van der Waals surface area contributed by atoms with Gasteiger partial charge in [-0.2, -0.15) is 0 Å². The van der Waals surface area contributed by atoms with Crippen molar-refractivity contribution < 1.29 is 4.74 Å². The van der Waals surface area contributed by atoms with Gasteiger partial charge >= 0.3 is 0 Å². The highest BCUT2D eigenvalue weighted by molar-refractivity contribution is 5.15. The van der Waals surface area contributed by atoms with Crippen LogP contribution in [0, 0.1) is 0 Å². The Kier molecular flexibility index (Phi) is 6.91. The Hall–Kier alpha value is -0.820. The lowest BCUT2D eigenvalue weighted by Crippen LogP contribution is -2.12. The minimum absolute atomic E-state index is 0.337. The average Bonchev–Trinajstić information content (AvgIpc) is 2.30. The molecule has 0 saturated heterocycles. The average molecular weight is 220 g/mol. The molecule has 1 nitrogen and oxygen atoms in total. The van der Waals surface area contributed by atoms with Crippen LogP contribution in [-0.4, -0.2) is 12.7 Å². The van der Waals surface area contributed by atoms with Crippen molar-refractivity contribution in [1.82, 2.24) is 0 Å². The first-order chi connectivity index (χ1) is 7.83. The van der Waals surface area contributed by atoms with Crippen molar-refractivity contribution >= 4 is 0 Å². The molecular formula is C15H24O. The van der Waals surface area contributed by atoms with Gasteiger partial charge in [-0.3, -0.25) is 0 Å². The van der Waals surface area contributed by atoms with Crippen LogP contribution in [0.2, 0.25) is 0 Å². The van der Waals surface area contributed by atoms with E-state index in [1.165, 1.54) is 31.2 Å². The second kappa shape index (κ2) is 8.35. The van der Waals surface area contributed by atoms with Crippen molar-refractivity contribution in [3.8, 4) is 0 Å². The zero-order valence-corrected chi connectivity index (χ0v) is 10.6. The van der Waals surface area contributed by atoms with Gasteiger partial charge in [0.1, 0.15) is 0 Å². The Morgan fingerprint density at radius 1 is 1.06 bits per heavy atom. The van der Waals surface area contributed by atoms with Crippen molar-refractivity contribution in [1.29, 1.82) is 0 Å². The van der Waals surface area contributed by atoms with E-state index in [1.807, 2.05) is 0 Å². The first-order valence-corrected chi connectivity index (χ1v) is 6.48. The standard InChI is InChI=1S/C15H24O/c1-3-4-5-9-12-16-14(2)13-15-10-7-6-8-11-15/h6-8,10-11,14H,3-5,9,12-13H2,1-2H3. The summed E-state index contributed by atoms with van der Waals surface area (Å²) in [6.07, 6.45) is 6.48. The smallest absolute Gasteiger partial charge is 0.0587 e. The number of rotatable bonds is 8. The molecule has 1 atom stereocenters. The Morgan fingerprint density at radius 3 is 2.50 bits per heavy atom. The van der Waals surface area contributed by atoms with Crippen LogP contribution in [0.25, 0.3) is 0 Å². The number of benzene rings is 1. The van der Waals surface area contributed by atoms with Gasteiger partial charge < -0.3 is 4.74 Å². The lowest BCUT2D eigenvalue weighted by molar-refractivity contribution is 0.0635. The van der Waals surface area contributed by atoms with Crippen LogP contribution in [0.3, 0.4) is 0 Å². The molecule has 0 spiro atoms. The van der Waals surface area contributed by atoms with Gasteiger partial charge in [-0.05, 0) is 25.3 Å². The molecule has 0 heterocycles. The van der Waals surface area contributed by atoms with Crippen LogP contribution in [0.15, 0.2) is 30.3 Å². The van der Waals surface area contributed by atoms with Crippen LogP contribution in [-0.2, 0) is 11.2 Å². The normalized spacial score (nSPS) is 12.6. The fourth-order valence-electron chi connectivity index (χ4n) is 1.82. The molecule has 0 aromatic heterocycles. The SMILES string of the molecule is CCCCCCOC(C)Cc1ccccc1. The first kappa shape index (κ1) is 13.2. The summed E-state index contributed by atoms with van der Waals surface area (Å²) in [6, 6.07) is 10.6. The molecule has 90 valence electrons. The van der Waals surface area contributed by atoms with Gasteiger partial charge in [0.2, 0.25) is 0 Å². The third-order valence-electron chi connectivity index (χ3n) is 2.77. The van der Waals surface area contributed by atoms with Crippen molar-refractivity contribution in [2.45, 2.75) is 52.1 Å². The molecule has 0 aliphatic heterocycles. The molecule has 0 amide bonds. The summed E-state index contributed by atoms with van der Waals surface area (Å²) in [5.41, 5.74) is 1.36. The molecule has 0 aliphatic carbocycles. The summed E-state index contributed by atoms with van der Waals surface area (Å²) in [7, 11) is 0. The van der Waals surface area contributed by atoms with Crippen molar-refractivity contribution in [2.24, 2.45) is 0 Å². The monoisotopic (exact) mass is 220 g/mol. The third-order valence-corrected chi connectivity index (χ3v) is 2.77. The summed E-state index contributed by atoms with van der Waals surface area (Å²) in [4.78, 5) is 0. The summed E-state index contributed by atoms with van der Waals surface area (Å²) < 4.78 is 5.79. The zero-order chi connectivity index (χ0) is 11.6. The lowest BCUT2D eigenvalue weighted by Gasteiger charge is -2.12. The highest BCUT2D eigenvalue weighted by Gasteiger charge is 2.02. The van der Waals surface area contributed by atoms with Crippen LogP contribution in [0.1, 0.15) is 45.1 Å². The molecule has 1 heteroatoms. The van der Waals surface area contributed by atoms with E-state index in [0.717, 1.165) is 13.0 Å². The molecule has 0 radical (unpaired) electrons. The number of hydrogen-bond acceptors (Lipinski definition) is 1. The maximum atomic E-state index is 5.79. The van der Waals surface area contributed by atoms with E-state index in [-0.39, 0.29) is 0 Å². The van der Waals surface area contributed by atoms with E-state index in [2.05, 4.69) is 44.2 Å². The molecule has 16 heavy (non-hydrogen) atoms. The summed E-state index contributed by atoms with van der Waals surface area (Å²) in [5.74, 6) is 0. The third kappa shape index (κ3) is 5.92. The molecule has 0 N–H and O–H groups in total. The molecule has 0 aliphatic rings. The van der Waals surface area contributed by atoms with Crippen LogP contribution in [0.5, 0.6) is 0 Å². The Morgan fingerprint density at radius 2 is 1.81 bits per heavy atom. The summed E-state index contributed by atoms with van der Waals surface area (Å²) in [6.45, 7) is 5.31. The van der Waals surface area contributed by atoms with Crippen LogP contribution < -0.4 is 0 Å². The fourth-order valence-corrected chi connectivity index (χ4v) is 1.82. The number of ether oxygens (including phenoxy) is 1. The van der Waals surface area contributed by atoms with Gasteiger partial charge in [-0.15, -0.1) is 0 Å². The van der Waals surface area contributed by atoms with Crippen molar-refractivity contribution in [3.05, 3.63) is 35.9 Å². The molecule has 1 aromatic carbocycles. The van der Waals surface area contributed by atoms with E-state index in [0.29, 0.717) is 6.10 Å². The highest BCUT2D eigenvalue weighted by Crippen LogP contribution is 2.07. The molecular weight excluding hydrogens is 196 g/mol. The topological polar surface area (TPSA) is 9.23 Å².